The van der Waals surface area contributed by atoms with Crippen LogP contribution in [0.15, 0.2) is 18.3 Å². The van der Waals surface area contributed by atoms with Crippen LogP contribution < -0.4 is 4.74 Å². The van der Waals surface area contributed by atoms with Gasteiger partial charge in [-0.25, -0.2) is 4.52 Å². The zero-order chi connectivity index (χ0) is 13.3. The lowest BCUT2D eigenvalue weighted by molar-refractivity contribution is 0.0283. The summed E-state index contributed by atoms with van der Waals surface area (Å²) in [5, 5.41) is 21.9. The predicted octanol–water partition coefficient (Wildman–Crippen LogP) is 1.49. The number of pyridine rings is 1. The van der Waals surface area contributed by atoms with E-state index in [4.69, 9.17) is 10.00 Å². The average Bonchev–Trinajstić information content (AvgIpc) is 2.59. The number of nitrogens with zero attached hydrogens (tertiary/aromatic N) is 3. The Balaban J connectivity index is 2.32. The minimum absolute atomic E-state index is 0.0935. The lowest BCUT2D eigenvalue weighted by Gasteiger charge is -2.17. The third-order valence-corrected chi connectivity index (χ3v) is 2.26. The van der Waals surface area contributed by atoms with Crippen molar-refractivity contribution in [3.05, 3.63) is 29.8 Å². The number of hydrogen-bond donors (Lipinski definition) is 1. The maximum Gasteiger partial charge on any atom is 0.251 e. The van der Waals surface area contributed by atoms with Crippen molar-refractivity contribution in [1.29, 1.82) is 5.26 Å². The van der Waals surface area contributed by atoms with Crippen molar-refractivity contribution in [3.8, 4) is 11.8 Å². The van der Waals surface area contributed by atoms with Gasteiger partial charge in [-0.15, -0.1) is 5.10 Å². The molecule has 0 spiro atoms. The summed E-state index contributed by atoms with van der Waals surface area (Å²) in [5.41, 5.74) is -0.670. The van der Waals surface area contributed by atoms with Gasteiger partial charge >= 0.3 is 0 Å². The van der Waals surface area contributed by atoms with E-state index in [2.05, 4.69) is 5.10 Å². The van der Waals surface area contributed by atoms with Gasteiger partial charge in [-0.2, -0.15) is 9.65 Å². The molecule has 6 heteroatoms. The summed E-state index contributed by atoms with van der Waals surface area (Å²) in [6.07, 6.45) is 1.46. The molecular formula is C12H12FN3O2. The van der Waals surface area contributed by atoms with E-state index in [9.17, 15) is 9.50 Å². The Bertz CT molecular complexity index is 623. The summed E-state index contributed by atoms with van der Waals surface area (Å²) in [6.45, 7) is 3.34. The van der Waals surface area contributed by atoms with Crippen molar-refractivity contribution in [1.82, 2.24) is 9.61 Å². The first-order valence-electron chi connectivity index (χ1n) is 5.34. The molecule has 0 amide bonds. The maximum absolute atomic E-state index is 13.3. The van der Waals surface area contributed by atoms with Crippen LogP contribution in [0.5, 0.6) is 5.75 Å². The molecule has 2 aromatic rings. The molecule has 0 aliphatic carbocycles. The molecule has 0 saturated carbocycles. The molecule has 0 aromatic carbocycles. The number of rotatable bonds is 3. The summed E-state index contributed by atoms with van der Waals surface area (Å²) >= 11 is 0. The molecule has 0 saturated heterocycles. The minimum atomic E-state index is -0.956. The normalized spacial score (nSPS) is 11.5. The van der Waals surface area contributed by atoms with Gasteiger partial charge in [-0.3, -0.25) is 0 Å². The zero-order valence-electron chi connectivity index (χ0n) is 10.0. The van der Waals surface area contributed by atoms with Gasteiger partial charge in [-0.05, 0) is 26.0 Å². The van der Waals surface area contributed by atoms with Gasteiger partial charge in [0.1, 0.15) is 24.0 Å². The van der Waals surface area contributed by atoms with Crippen LogP contribution in [-0.4, -0.2) is 26.9 Å². The smallest absolute Gasteiger partial charge is 0.251 e. The molecule has 0 fully saturated rings. The topological polar surface area (TPSA) is 70.5 Å². The highest BCUT2D eigenvalue weighted by Crippen LogP contribution is 2.19. The van der Waals surface area contributed by atoms with Gasteiger partial charge in [-0.1, -0.05) is 0 Å². The van der Waals surface area contributed by atoms with Crippen molar-refractivity contribution >= 4 is 5.52 Å². The molecule has 1 N–H and O–H groups in total. The summed E-state index contributed by atoms with van der Waals surface area (Å²) in [4.78, 5) is 0. The van der Waals surface area contributed by atoms with Gasteiger partial charge in [0.25, 0.3) is 5.95 Å². The summed E-state index contributed by atoms with van der Waals surface area (Å²) in [6, 6.07) is 4.90. The lowest BCUT2D eigenvalue weighted by atomic mass is 10.2. The Hall–Kier alpha value is -2.13. The Labute approximate surface area is 103 Å². The number of aromatic nitrogens is 2. The fourth-order valence-corrected chi connectivity index (χ4v) is 1.45. The summed E-state index contributed by atoms with van der Waals surface area (Å²) < 4.78 is 19.9. The van der Waals surface area contributed by atoms with Crippen LogP contribution in [0.4, 0.5) is 4.39 Å². The minimum Gasteiger partial charge on any atom is -0.489 e. The number of fused-ring (bicyclic) bond motifs is 1. The highest BCUT2D eigenvalue weighted by Gasteiger charge is 2.15. The van der Waals surface area contributed by atoms with Crippen LogP contribution in [0.1, 0.15) is 19.4 Å². The van der Waals surface area contributed by atoms with Gasteiger partial charge in [0.15, 0.2) is 0 Å². The fraction of sp³-hybridized carbons (Fsp3) is 0.333. The van der Waals surface area contributed by atoms with E-state index in [1.165, 1.54) is 10.7 Å². The molecule has 0 bridgehead atoms. The van der Waals surface area contributed by atoms with Gasteiger partial charge < -0.3 is 9.84 Å². The number of nitriles is 1. The van der Waals surface area contributed by atoms with Crippen LogP contribution in [0.25, 0.3) is 5.52 Å². The molecule has 0 radical (unpaired) electrons. The summed E-state index contributed by atoms with van der Waals surface area (Å²) in [7, 11) is 0. The number of aliphatic hydroxyl groups is 1. The highest BCUT2D eigenvalue weighted by atomic mass is 19.1. The number of hydrogen-bond acceptors (Lipinski definition) is 4. The largest absolute Gasteiger partial charge is 0.489 e. The van der Waals surface area contributed by atoms with Crippen LogP contribution >= 0.6 is 0 Å². The number of ether oxygens (including phenoxy) is 1. The van der Waals surface area contributed by atoms with E-state index in [1.807, 2.05) is 0 Å². The molecule has 94 valence electrons. The van der Waals surface area contributed by atoms with Crippen LogP contribution in [0.3, 0.4) is 0 Å². The first-order chi connectivity index (χ1) is 8.40. The molecule has 5 nitrogen and oxygen atoms in total. The molecule has 2 rings (SSSR count). The second-order valence-electron chi connectivity index (χ2n) is 4.57. The second kappa shape index (κ2) is 4.27. The molecule has 0 atom stereocenters. The van der Waals surface area contributed by atoms with E-state index >= 15 is 0 Å². The van der Waals surface area contributed by atoms with Crippen molar-refractivity contribution in [2.75, 3.05) is 6.61 Å². The van der Waals surface area contributed by atoms with E-state index in [-0.39, 0.29) is 12.2 Å². The van der Waals surface area contributed by atoms with Gasteiger partial charge in [0.2, 0.25) is 0 Å². The molecule has 0 aliphatic heterocycles. The summed E-state index contributed by atoms with van der Waals surface area (Å²) in [5.74, 6) is -0.367. The van der Waals surface area contributed by atoms with E-state index in [1.54, 1.807) is 32.0 Å². The van der Waals surface area contributed by atoms with E-state index in [0.717, 1.165) is 0 Å². The third-order valence-electron chi connectivity index (χ3n) is 2.26. The lowest BCUT2D eigenvalue weighted by Crippen LogP contribution is -2.27. The molecule has 18 heavy (non-hydrogen) atoms. The van der Waals surface area contributed by atoms with Gasteiger partial charge in [0, 0.05) is 0 Å². The van der Waals surface area contributed by atoms with Crippen LogP contribution in [0, 0.1) is 17.3 Å². The number of halogens is 1. The first kappa shape index (κ1) is 12.3. The molecule has 0 unspecified atom stereocenters. The Morgan fingerprint density at radius 3 is 2.89 bits per heavy atom. The second-order valence-corrected chi connectivity index (χ2v) is 4.57. The van der Waals surface area contributed by atoms with Crippen molar-refractivity contribution in [2.24, 2.45) is 0 Å². The van der Waals surface area contributed by atoms with Gasteiger partial charge in [0.05, 0.1) is 17.3 Å². The molecular weight excluding hydrogens is 237 g/mol. The SMILES string of the molecule is CC(C)(O)COc1ccc2c(C#N)c(F)nn2c1. The molecule has 0 aliphatic rings. The standard InChI is InChI=1S/C12H12FN3O2/c1-12(2,17)7-18-8-3-4-10-9(5-14)11(13)15-16(10)6-8/h3-4,6,17H,7H2,1-2H3. The highest BCUT2D eigenvalue weighted by molar-refractivity contribution is 5.61. The van der Waals surface area contributed by atoms with Crippen LogP contribution in [0.2, 0.25) is 0 Å². The average molecular weight is 249 g/mol. The Morgan fingerprint density at radius 2 is 2.28 bits per heavy atom. The molecule has 2 heterocycles. The zero-order valence-corrected chi connectivity index (χ0v) is 10.0. The van der Waals surface area contributed by atoms with E-state index < -0.39 is 11.5 Å². The predicted molar refractivity (Wildman–Crippen MR) is 61.7 cm³/mol. The third kappa shape index (κ3) is 2.41. The van der Waals surface area contributed by atoms with Crippen LogP contribution in [-0.2, 0) is 0 Å². The maximum atomic E-state index is 13.3. The molecule has 2 aromatic heterocycles. The Kier molecular flexibility index (Phi) is 2.93. The van der Waals surface area contributed by atoms with Crippen molar-refractivity contribution < 1.29 is 14.2 Å². The quantitative estimate of drug-likeness (QED) is 0.894. The monoisotopic (exact) mass is 249 g/mol. The van der Waals surface area contributed by atoms with Crippen molar-refractivity contribution in [2.45, 2.75) is 19.4 Å². The van der Waals surface area contributed by atoms with Crippen molar-refractivity contribution in [3.63, 3.8) is 0 Å². The van der Waals surface area contributed by atoms with E-state index in [0.29, 0.717) is 11.3 Å². The first-order valence-corrected chi connectivity index (χ1v) is 5.34. The fourth-order valence-electron chi connectivity index (χ4n) is 1.45. The Morgan fingerprint density at radius 1 is 1.56 bits per heavy atom.